The summed E-state index contributed by atoms with van der Waals surface area (Å²) in [6.07, 6.45) is 12.9. The van der Waals surface area contributed by atoms with Crippen LogP contribution in [0.4, 0.5) is 11.4 Å². The van der Waals surface area contributed by atoms with Gasteiger partial charge in [0.1, 0.15) is 5.75 Å². The van der Waals surface area contributed by atoms with Crippen LogP contribution in [0, 0.1) is 0 Å². The molecule has 2 aromatic rings. The summed E-state index contributed by atoms with van der Waals surface area (Å²) in [5, 5.41) is 0. The van der Waals surface area contributed by atoms with Gasteiger partial charge in [-0.25, -0.2) is 8.42 Å². The van der Waals surface area contributed by atoms with Crippen LogP contribution in [0.1, 0.15) is 71.1 Å². The monoisotopic (exact) mass is 460 g/mol. The molecule has 6 heteroatoms. The highest BCUT2D eigenvalue weighted by Gasteiger charge is 2.14. The van der Waals surface area contributed by atoms with Crippen LogP contribution in [0.5, 0.6) is 5.75 Å². The van der Waals surface area contributed by atoms with E-state index in [2.05, 4.69) is 11.6 Å². The van der Waals surface area contributed by atoms with Crippen LogP contribution in [0.25, 0.3) is 0 Å². The Labute approximate surface area is 195 Å². The Bertz CT molecular complexity index is 863. The highest BCUT2D eigenvalue weighted by atomic mass is 32.2. The number of hydrogen-bond acceptors (Lipinski definition) is 4. The lowest BCUT2D eigenvalue weighted by Gasteiger charge is -2.14. The normalized spacial score (nSPS) is 11.3. The summed E-state index contributed by atoms with van der Waals surface area (Å²) in [4.78, 5) is 2.19. The molecule has 0 fully saturated rings. The van der Waals surface area contributed by atoms with Crippen LogP contribution in [0.3, 0.4) is 0 Å². The molecule has 2 rings (SSSR count). The van der Waals surface area contributed by atoms with Gasteiger partial charge >= 0.3 is 0 Å². The van der Waals surface area contributed by atoms with Crippen LogP contribution in [0.15, 0.2) is 53.4 Å². The highest BCUT2D eigenvalue weighted by Crippen LogP contribution is 2.21. The van der Waals surface area contributed by atoms with Gasteiger partial charge in [0.15, 0.2) is 0 Å². The van der Waals surface area contributed by atoms with Crippen LogP contribution >= 0.6 is 0 Å². The summed E-state index contributed by atoms with van der Waals surface area (Å²) in [5.41, 5.74) is 1.55. The predicted molar refractivity (Wildman–Crippen MR) is 135 cm³/mol. The van der Waals surface area contributed by atoms with Crippen molar-refractivity contribution in [1.82, 2.24) is 0 Å². The van der Waals surface area contributed by atoms with Crippen LogP contribution in [-0.4, -0.2) is 29.1 Å². The van der Waals surface area contributed by atoms with E-state index >= 15 is 0 Å². The molecule has 0 radical (unpaired) electrons. The Morgan fingerprint density at radius 3 is 1.81 bits per heavy atom. The highest BCUT2D eigenvalue weighted by molar-refractivity contribution is 7.92. The maximum atomic E-state index is 12.6. The number of unbranched alkanes of at least 4 members (excludes halogenated alkanes) is 9. The van der Waals surface area contributed by atoms with E-state index in [0.717, 1.165) is 12.1 Å². The molecule has 178 valence electrons. The summed E-state index contributed by atoms with van der Waals surface area (Å²) in [7, 11) is 0.259. The molecule has 32 heavy (non-hydrogen) atoms. The van der Waals surface area contributed by atoms with Gasteiger partial charge < -0.3 is 9.64 Å². The number of hydrogen-bond donors (Lipinski definition) is 1. The summed E-state index contributed by atoms with van der Waals surface area (Å²) in [6, 6.07) is 13.9. The van der Waals surface area contributed by atoms with Crippen molar-refractivity contribution in [2.45, 2.75) is 76.0 Å². The summed E-state index contributed by atoms with van der Waals surface area (Å²) in [5.74, 6) is 0.704. The van der Waals surface area contributed by atoms with Crippen molar-refractivity contribution in [3.63, 3.8) is 0 Å². The summed E-state index contributed by atoms with van der Waals surface area (Å²) < 4.78 is 33.7. The fourth-order valence-corrected chi connectivity index (χ4v) is 4.59. The molecule has 1 N–H and O–H groups in total. The number of nitrogens with zero attached hydrogens (tertiary/aromatic N) is 1. The molecule has 0 saturated carbocycles. The first-order valence-corrected chi connectivity index (χ1v) is 13.4. The number of rotatable bonds is 16. The molecule has 5 nitrogen and oxygen atoms in total. The minimum Gasteiger partial charge on any atom is -0.494 e. The van der Waals surface area contributed by atoms with Gasteiger partial charge in [-0.2, -0.15) is 0 Å². The number of benzene rings is 2. The Morgan fingerprint density at radius 1 is 0.750 bits per heavy atom. The van der Waals surface area contributed by atoms with E-state index in [1.54, 1.807) is 36.4 Å². The van der Waals surface area contributed by atoms with E-state index in [-0.39, 0.29) is 4.90 Å². The number of nitrogens with one attached hydrogen (secondary N) is 1. The maximum absolute atomic E-state index is 12.6. The molecule has 0 aromatic heterocycles. The van der Waals surface area contributed by atoms with Crippen molar-refractivity contribution in [2.24, 2.45) is 0 Å². The lowest BCUT2D eigenvalue weighted by Crippen LogP contribution is -2.13. The van der Waals surface area contributed by atoms with Gasteiger partial charge in [0.25, 0.3) is 10.0 Å². The number of ether oxygens (including phenoxy) is 1. The van der Waals surface area contributed by atoms with Crippen molar-refractivity contribution in [2.75, 3.05) is 30.3 Å². The van der Waals surface area contributed by atoms with E-state index < -0.39 is 10.0 Å². The molecule has 0 saturated heterocycles. The largest absolute Gasteiger partial charge is 0.494 e. The molecule has 0 bridgehead atoms. The molecule has 2 aromatic carbocycles. The second-order valence-electron chi connectivity index (χ2n) is 8.55. The molecule has 0 unspecified atom stereocenters. The van der Waals surface area contributed by atoms with E-state index in [1.807, 2.05) is 31.1 Å². The van der Waals surface area contributed by atoms with Gasteiger partial charge in [-0.05, 0) is 55.0 Å². The van der Waals surface area contributed by atoms with E-state index in [9.17, 15) is 8.42 Å². The van der Waals surface area contributed by atoms with Gasteiger partial charge in [-0.3, -0.25) is 4.72 Å². The molecule has 0 amide bonds. The second-order valence-corrected chi connectivity index (χ2v) is 10.2. The molecule has 0 atom stereocenters. The molecule has 0 aliphatic rings. The van der Waals surface area contributed by atoms with Gasteiger partial charge in [-0.15, -0.1) is 0 Å². The lowest BCUT2D eigenvalue weighted by molar-refractivity contribution is 0.304. The Kier molecular flexibility index (Phi) is 11.4. The zero-order valence-corrected chi connectivity index (χ0v) is 20.8. The quantitative estimate of drug-likeness (QED) is 0.278. The van der Waals surface area contributed by atoms with E-state index in [0.29, 0.717) is 18.0 Å². The Balaban J connectivity index is 1.67. The fourth-order valence-electron chi connectivity index (χ4n) is 3.54. The first-order chi connectivity index (χ1) is 15.4. The van der Waals surface area contributed by atoms with Gasteiger partial charge in [0.05, 0.1) is 11.5 Å². The number of anilines is 2. The first kappa shape index (κ1) is 26.0. The molecular formula is C26H40N2O3S. The van der Waals surface area contributed by atoms with Crippen LogP contribution in [-0.2, 0) is 10.0 Å². The minimum atomic E-state index is -3.63. The average molecular weight is 461 g/mol. The molecular weight excluding hydrogens is 420 g/mol. The van der Waals surface area contributed by atoms with Crippen molar-refractivity contribution in [1.29, 1.82) is 0 Å². The Hall–Kier alpha value is -2.21. The van der Waals surface area contributed by atoms with E-state index in [1.165, 1.54) is 57.8 Å². The third-order valence-corrected chi connectivity index (χ3v) is 6.93. The number of sulfonamides is 1. The molecule has 0 aliphatic heterocycles. The van der Waals surface area contributed by atoms with Crippen molar-refractivity contribution in [3.8, 4) is 5.75 Å². The molecule has 0 aliphatic carbocycles. The predicted octanol–water partition coefficient (Wildman–Crippen LogP) is 6.85. The van der Waals surface area contributed by atoms with Gasteiger partial charge in [0, 0.05) is 25.5 Å². The van der Waals surface area contributed by atoms with Crippen LogP contribution in [0.2, 0.25) is 0 Å². The van der Waals surface area contributed by atoms with Crippen molar-refractivity contribution >= 4 is 21.4 Å². The summed E-state index contributed by atoms with van der Waals surface area (Å²) in [6.45, 7) is 2.92. The van der Waals surface area contributed by atoms with Gasteiger partial charge in [-0.1, -0.05) is 64.7 Å². The Morgan fingerprint density at radius 2 is 1.28 bits per heavy atom. The smallest absolute Gasteiger partial charge is 0.261 e. The topological polar surface area (TPSA) is 58.6 Å². The minimum absolute atomic E-state index is 0.223. The zero-order chi connectivity index (χ0) is 23.2. The second kappa shape index (κ2) is 14.0. The fraction of sp³-hybridized carbons (Fsp3) is 0.538. The SMILES string of the molecule is CCCCCCCCCCCCOc1ccc(S(=O)(=O)Nc2ccc(N(C)C)cc2)cc1. The lowest BCUT2D eigenvalue weighted by atomic mass is 10.1. The van der Waals surface area contributed by atoms with Crippen LogP contribution < -0.4 is 14.4 Å². The standard InChI is InChI=1S/C26H40N2O3S/c1-4-5-6-7-8-9-10-11-12-13-22-31-25-18-20-26(21-19-25)32(29,30)27-23-14-16-24(17-15-23)28(2)3/h14-21,27H,4-13,22H2,1-3H3. The third-order valence-electron chi connectivity index (χ3n) is 5.54. The van der Waals surface area contributed by atoms with Gasteiger partial charge in [0.2, 0.25) is 0 Å². The van der Waals surface area contributed by atoms with E-state index in [4.69, 9.17) is 4.74 Å². The summed E-state index contributed by atoms with van der Waals surface area (Å²) >= 11 is 0. The average Bonchev–Trinajstić information content (AvgIpc) is 2.78. The third kappa shape index (κ3) is 9.51. The maximum Gasteiger partial charge on any atom is 0.261 e. The van der Waals surface area contributed by atoms with Crippen molar-refractivity contribution in [3.05, 3.63) is 48.5 Å². The molecule has 0 spiro atoms. The molecule has 0 heterocycles. The zero-order valence-electron chi connectivity index (χ0n) is 20.0. The first-order valence-electron chi connectivity index (χ1n) is 12.0. The van der Waals surface area contributed by atoms with Crippen molar-refractivity contribution < 1.29 is 13.2 Å².